The second-order valence-corrected chi connectivity index (χ2v) is 7.39. The Balaban J connectivity index is 2.07. The Kier molecular flexibility index (Phi) is 4.63. The van der Waals surface area contributed by atoms with Crippen LogP contribution in [0, 0.1) is 4.64 Å². The van der Waals surface area contributed by atoms with Crippen molar-refractivity contribution in [2.75, 3.05) is 0 Å². The zero-order chi connectivity index (χ0) is 17.4. The molecule has 1 aromatic heterocycles. The molecule has 0 saturated carbocycles. The Bertz CT molecular complexity index is 994. The van der Waals surface area contributed by atoms with Gasteiger partial charge in [0, 0.05) is 27.5 Å². The molecular formula is C20H16Cl2N2S. The van der Waals surface area contributed by atoms with Gasteiger partial charge in [0.1, 0.15) is 10.5 Å². The van der Waals surface area contributed by atoms with Gasteiger partial charge < -0.3 is 0 Å². The molecule has 0 unspecified atom stereocenters. The molecule has 0 saturated heterocycles. The van der Waals surface area contributed by atoms with E-state index in [0.717, 1.165) is 42.8 Å². The predicted octanol–water partition coefficient (Wildman–Crippen LogP) is 6.45. The van der Waals surface area contributed by atoms with Crippen molar-refractivity contribution < 1.29 is 0 Å². The average Bonchev–Trinajstić information content (AvgIpc) is 2.63. The summed E-state index contributed by atoms with van der Waals surface area (Å²) in [5.41, 5.74) is 4.34. The molecule has 1 heterocycles. The third-order valence-corrected chi connectivity index (χ3v) is 5.50. The first-order chi connectivity index (χ1) is 12.1. The van der Waals surface area contributed by atoms with E-state index in [1.807, 2.05) is 48.5 Å². The van der Waals surface area contributed by atoms with E-state index in [9.17, 15) is 0 Å². The Morgan fingerprint density at radius 3 is 2.40 bits per heavy atom. The lowest BCUT2D eigenvalue weighted by Gasteiger charge is -2.25. The summed E-state index contributed by atoms with van der Waals surface area (Å²) in [7, 11) is 0. The number of rotatable bonds is 2. The molecule has 126 valence electrons. The maximum Gasteiger partial charge on any atom is 0.147 e. The van der Waals surface area contributed by atoms with Crippen LogP contribution in [0.4, 0.5) is 0 Å². The topological polar surface area (TPSA) is 17.8 Å². The fourth-order valence-electron chi connectivity index (χ4n) is 3.40. The normalized spacial score (nSPS) is 13.5. The van der Waals surface area contributed by atoms with Gasteiger partial charge in [-0.1, -0.05) is 47.6 Å². The van der Waals surface area contributed by atoms with Crippen LogP contribution in [0.15, 0.2) is 48.5 Å². The average molecular weight is 387 g/mol. The first kappa shape index (κ1) is 16.8. The van der Waals surface area contributed by atoms with Crippen LogP contribution >= 0.6 is 35.4 Å². The minimum atomic E-state index is 0.669. The predicted molar refractivity (Wildman–Crippen MR) is 106 cm³/mol. The number of halogens is 2. The Hall–Kier alpha value is -1.68. The highest BCUT2D eigenvalue weighted by Gasteiger charge is 2.21. The van der Waals surface area contributed by atoms with Crippen molar-refractivity contribution in [2.24, 2.45) is 0 Å². The summed E-state index contributed by atoms with van der Waals surface area (Å²) in [6, 6.07) is 15.6. The fraction of sp³-hybridized carbons (Fsp3) is 0.200. The summed E-state index contributed by atoms with van der Waals surface area (Å²) in [4.78, 5) is 4.78. The van der Waals surface area contributed by atoms with Gasteiger partial charge in [0.25, 0.3) is 0 Å². The molecular weight excluding hydrogens is 371 g/mol. The van der Waals surface area contributed by atoms with E-state index in [1.54, 1.807) is 0 Å². The maximum absolute atomic E-state index is 6.47. The van der Waals surface area contributed by atoms with Crippen LogP contribution in [0.2, 0.25) is 10.0 Å². The van der Waals surface area contributed by atoms with Gasteiger partial charge in [-0.2, -0.15) is 0 Å². The van der Waals surface area contributed by atoms with Gasteiger partial charge in [0.15, 0.2) is 0 Å². The molecule has 0 fully saturated rings. The molecule has 0 aliphatic heterocycles. The molecule has 1 aliphatic rings. The summed E-state index contributed by atoms with van der Waals surface area (Å²) < 4.78 is 2.89. The molecule has 25 heavy (non-hydrogen) atoms. The van der Waals surface area contributed by atoms with Crippen molar-refractivity contribution in [3.63, 3.8) is 0 Å². The van der Waals surface area contributed by atoms with Gasteiger partial charge in [-0.15, -0.1) is 0 Å². The van der Waals surface area contributed by atoms with E-state index in [2.05, 4.69) is 4.57 Å². The highest BCUT2D eigenvalue weighted by Crippen LogP contribution is 2.33. The van der Waals surface area contributed by atoms with Crippen molar-refractivity contribution in [1.29, 1.82) is 0 Å². The lowest BCUT2D eigenvalue weighted by Crippen LogP contribution is -2.17. The second kappa shape index (κ2) is 6.91. The van der Waals surface area contributed by atoms with Crippen molar-refractivity contribution in [1.82, 2.24) is 9.55 Å². The molecule has 5 heteroatoms. The summed E-state index contributed by atoms with van der Waals surface area (Å²) in [5.74, 6) is 0.790. The standard InChI is InChI=1S/C20H16Cl2N2S/c21-13-9-11-14(12-10-13)24-18-8-4-2-6-16(18)20(25)23-19(24)15-5-1-3-7-17(15)22/h1,3,5,7,9-12H,2,4,6,8H2. The summed E-state index contributed by atoms with van der Waals surface area (Å²) in [6.45, 7) is 0. The van der Waals surface area contributed by atoms with E-state index in [4.69, 9.17) is 40.4 Å². The van der Waals surface area contributed by atoms with Crippen LogP contribution < -0.4 is 0 Å². The number of hydrogen-bond acceptors (Lipinski definition) is 2. The van der Waals surface area contributed by atoms with Gasteiger partial charge in [0.2, 0.25) is 0 Å². The highest BCUT2D eigenvalue weighted by atomic mass is 35.5. The highest BCUT2D eigenvalue weighted by molar-refractivity contribution is 7.71. The third-order valence-electron chi connectivity index (χ3n) is 4.59. The number of nitrogens with zero attached hydrogens (tertiary/aromatic N) is 2. The van der Waals surface area contributed by atoms with Crippen LogP contribution in [0.3, 0.4) is 0 Å². The van der Waals surface area contributed by atoms with Crippen molar-refractivity contribution >= 4 is 35.4 Å². The van der Waals surface area contributed by atoms with Gasteiger partial charge in [-0.05, 0) is 62.1 Å². The van der Waals surface area contributed by atoms with Crippen LogP contribution in [0.25, 0.3) is 17.1 Å². The largest absolute Gasteiger partial charge is 0.298 e. The second-order valence-electron chi connectivity index (χ2n) is 6.16. The quantitative estimate of drug-likeness (QED) is 0.470. The lowest BCUT2D eigenvalue weighted by atomic mass is 9.96. The van der Waals surface area contributed by atoms with Crippen LogP contribution in [0.1, 0.15) is 24.1 Å². The minimum absolute atomic E-state index is 0.669. The molecule has 4 rings (SSSR count). The molecule has 0 atom stereocenters. The Labute approximate surface area is 162 Å². The van der Waals surface area contributed by atoms with E-state index < -0.39 is 0 Å². The summed E-state index contributed by atoms with van der Waals surface area (Å²) >= 11 is 18.2. The molecule has 2 nitrogen and oxygen atoms in total. The Morgan fingerprint density at radius 1 is 0.920 bits per heavy atom. The van der Waals surface area contributed by atoms with Crippen LogP contribution in [-0.2, 0) is 12.8 Å². The van der Waals surface area contributed by atoms with E-state index in [1.165, 1.54) is 11.3 Å². The summed E-state index contributed by atoms with van der Waals surface area (Å²) in [6.07, 6.45) is 4.28. The third kappa shape index (κ3) is 3.12. The van der Waals surface area contributed by atoms with Crippen molar-refractivity contribution in [2.45, 2.75) is 25.7 Å². The number of hydrogen-bond donors (Lipinski definition) is 0. The first-order valence-corrected chi connectivity index (χ1v) is 9.47. The molecule has 0 amide bonds. The monoisotopic (exact) mass is 386 g/mol. The number of benzene rings is 2. The van der Waals surface area contributed by atoms with E-state index in [0.29, 0.717) is 14.7 Å². The van der Waals surface area contributed by atoms with Crippen molar-refractivity contribution in [3.8, 4) is 17.1 Å². The van der Waals surface area contributed by atoms with Crippen LogP contribution in [-0.4, -0.2) is 9.55 Å². The van der Waals surface area contributed by atoms with Crippen LogP contribution in [0.5, 0.6) is 0 Å². The first-order valence-electron chi connectivity index (χ1n) is 8.31. The van der Waals surface area contributed by atoms with Gasteiger partial charge >= 0.3 is 0 Å². The van der Waals surface area contributed by atoms with Gasteiger partial charge in [-0.3, -0.25) is 4.57 Å². The molecule has 2 aromatic carbocycles. The zero-order valence-electron chi connectivity index (χ0n) is 13.5. The minimum Gasteiger partial charge on any atom is -0.298 e. The maximum atomic E-state index is 6.47. The van der Waals surface area contributed by atoms with Gasteiger partial charge in [-0.25, -0.2) is 4.98 Å². The molecule has 0 spiro atoms. The molecule has 0 N–H and O–H groups in total. The molecule has 0 radical (unpaired) electrons. The molecule has 1 aliphatic carbocycles. The van der Waals surface area contributed by atoms with E-state index >= 15 is 0 Å². The SMILES string of the molecule is S=c1nc(-c2ccccc2Cl)n(-c2ccc(Cl)cc2)c2c1CCCC2. The van der Waals surface area contributed by atoms with Crippen molar-refractivity contribution in [3.05, 3.63) is 74.5 Å². The molecule has 3 aromatic rings. The molecule has 0 bridgehead atoms. The van der Waals surface area contributed by atoms with E-state index in [-0.39, 0.29) is 0 Å². The Morgan fingerprint density at radius 2 is 1.64 bits per heavy atom. The van der Waals surface area contributed by atoms with Gasteiger partial charge in [0.05, 0.1) is 5.02 Å². The zero-order valence-corrected chi connectivity index (χ0v) is 15.8. The number of aromatic nitrogens is 2. The fourth-order valence-corrected chi connectivity index (χ4v) is 4.05. The smallest absolute Gasteiger partial charge is 0.147 e. The number of fused-ring (bicyclic) bond motifs is 1. The lowest BCUT2D eigenvalue weighted by molar-refractivity contribution is 0.642. The summed E-state index contributed by atoms with van der Waals surface area (Å²) in [5, 5.41) is 1.38.